The molecule has 2 aromatic rings. The number of hydrogen-bond donors (Lipinski definition) is 0. The number of carbonyl (C=O) groups is 2. The van der Waals surface area contributed by atoms with Crippen molar-refractivity contribution in [3.63, 3.8) is 0 Å². The highest BCUT2D eigenvalue weighted by Crippen LogP contribution is 2.44. The maximum Gasteiger partial charge on any atom is 0.336 e. The Hall–Kier alpha value is -3.59. The summed E-state index contributed by atoms with van der Waals surface area (Å²) in [7, 11) is 0. The van der Waals surface area contributed by atoms with Crippen molar-refractivity contribution >= 4 is 17.6 Å². The molecule has 0 spiro atoms. The van der Waals surface area contributed by atoms with Crippen molar-refractivity contribution in [3.05, 3.63) is 86.9 Å². The number of esters is 1. The molecule has 2 aliphatic rings. The van der Waals surface area contributed by atoms with Gasteiger partial charge < -0.3 is 4.74 Å². The molecule has 4 rings (SSSR count). The van der Waals surface area contributed by atoms with E-state index in [-0.39, 0.29) is 36.5 Å². The van der Waals surface area contributed by atoms with Gasteiger partial charge in [0.2, 0.25) is 5.91 Å². The third-order valence-corrected chi connectivity index (χ3v) is 5.70. The molecular weight excluding hydrogens is 417 g/mol. The first-order chi connectivity index (χ1) is 15.4. The number of rotatable bonds is 6. The summed E-state index contributed by atoms with van der Waals surface area (Å²) in [4.78, 5) is 36.1. The number of benzene rings is 2. The third kappa shape index (κ3) is 4.11. The Labute approximate surface area is 184 Å². The monoisotopic (exact) mass is 439 g/mol. The number of fused-ring (bicyclic) bond motifs is 1. The van der Waals surface area contributed by atoms with Crippen LogP contribution in [0.5, 0.6) is 0 Å². The maximum atomic E-state index is 13.3. The summed E-state index contributed by atoms with van der Waals surface area (Å²) in [6.45, 7) is 2.37. The minimum atomic E-state index is -0.518. The summed E-state index contributed by atoms with van der Waals surface area (Å²) in [6, 6.07) is 11.8. The second-order valence-electron chi connectivity index (χ2n) is 7.64. The van der Waals surface area contributed by atoms with Gasteiger partial charge in [-0.3, -0.25) is 14.9 Å². The Morgan fingerprint density at radius 2 is 1.88 bits per heavy atom. The molecule has 0 bridgehead atoms. The summed E-state index contributed by atoms with van der Waals surface area (Å²) < 4.78 is 18.6. The van der Waals surface area contributed by atoms with E-state index in [0.29, 0.717) is 30.7 Å². The summed E-state index contributed by atoms with van der Waals surface area (Å²) in [5.74, 6) is -1.01. The van der Waals surface area contributed by atoms with Crippen molar-refractivity contribution in [2.45, 2.75) is 32.2 Å². The standard InChI is InChI=1S/C23H22FN3O5/c1-2-32-23(29)19(13-15-3-7-17(24)8-4-15)21-14-20(25-12-11-22(28)26(21)25)16-5-9-18(10-6-16)27(30)31/h3-10,20H,2,11-14H2,1H3/b21-19+. The number of amides is 1. The molecule has 0 aliphatic carbocycles. The average Bonchev–Trinajstić information content (AvgIpc) is 3.34. The molecule has 2 saturated heterocycles. The molecular formula is C23H22FN3O5. The van der Waals surface area contributed by atoms with Gasteiger partial charge >= 0.3 is 5.97 Å². The van der Waals surface area contributed by atoms with Crippen LogP contribution in [0.15, 0.2) is 59.8 Å². The predicted molar refractivity (Wildman–Crippen MR) is 112 cm³/mol. The molecule has 0 aromatic heterocycles. The van der Waals surface area contributed by atoms with Crippen LogP contribution >= 0.6 is 0 Å². The minimum Gasteiger partial charge on any atom is -0.463 e. The van der Waals surface area contributed by atoms with Gasteiger partial charge in [-0.1, -0.05) is 24.3 Å². The van der Waals surface area contributed by atoms with Gasteiger partial charge in [0.05, 0.1) is 28.8 Å². The summed E-state index contributed by atoms with van der Waals surface area (Å²) in [5.41, 5.74) is 2.43. The first-order valence-corrected chi connectivity index (χ1v) is 10.4. The number of carbonyl (C=O) groups excluding carboxylic acids is 2. The fraction of sp³-hybridized carbons (Fsp3) is 0.304. The number of nitro groups is 1. The van der Waals surface area contributed by atoms with Crippen LogP contribution < -0.4 is 0 Å². The molecule has 2 heterocycles. The van der Waals surface area contributed by atoms with E-state index in [1.54, 1.807) is 36.2 Å². The van der Waals surface area contributed by atoms with Crippen LogP contribution in [0, 0.1) is 15.9 Å². The minimum absolute atomic E-state index is 0.0135. The van der Waals surface area contributed by atoms with Crippen molar-refractivity contribution in [1.29, 1.82) is 0 Å². The lowest BCUT2D eigenvalue weighted by molar-refractivity contribution is -0.384. The van der Waals surface area contributed by atoms with Crippen LogP contribution in [0.2, 0.25) is 0 Å². The molecule has 0 saturated carbocycles. The summed E-state index contributed by atoms with van der Waals surface area (Å²) in [5, 5.41) is 14.4. The van der Waals surface area contributed by atoms with E-state index < -0.39 is 10.9 Å². The molecule has 9 heteroatoms. The van der Waals surface area contributed by atoms with Crippen molar-refractivity contribution in [2.75, 3.05) is 13.2 Å². The Bertz CT molecular complexity index is 1080. The van der Waals surface area contributed by atoms with E-state index >= 15 is 0 Å². The number of hydrogen-bond acceptors (Lipinski definition) is 6. The summed E-state index contributed by atoms with van der Waals surface area (Å²) in [6.07, 6.45) is 0.873. The molecule has 0 radical (unpaired) electrons. The van der Waals surface area contributed by atoms with E-state index in [4.69, 9.17) is 4.74 Å². The molecule has 32 heavy (non-hydrogen) atoms. The molecule has 2 aliphatic heterocycles. The first kappa shape index (κ1) is 21.6. The van der Waals surface area contributed by atoms with Crippen LogP contribution in [0.4, 0.5) is 10.1 Å². The molecule has 1 amide bonds. The summed E-state index contributed by atoms with van der Waals surface area (Å²) >= 11 is 0. The van der Waals surface area contributed by atoms with Crippen LogP contribution in [-0.2, 0) is 20.7 Å². The highest BCUT2D eigenvalue weighted by atomic mass is 19.1. The van der Waals surface area contributed by atoms with E-state index in [1.165, 1.54) is 24.3 Å². The van der Waals surface area contributed by atoms with E-state index in [1.807, 2.05) is 5.01 Å². The first-order valence-electron chi connectivity index (χ1n) is 10.4. The quantitative estimate of drug-likeness (QED) is 0.295. The van der Waals surface area contributed by atoms with Gasteiger partial charge in [0, 0.05) is 37.9 Å². The number of nitro benzene ring substituents is 1. The highest BCUT2D eigenvalue weighted by Gasteiger charge is 2.45. The number of nitrogens with zero attached hydrogens (tertiary/aromatic N) is 3. The molecule has 1 atom stereocenters. The lowest BCUT2D eigenvalue weighted by atomic mass is 9.97. The van der Waals surface area contributed by atoms with E-state index in [9.17, 15) is 24.1 Å². The van der Waals surface area contributed by atoms with Gasteiger partial charge in [-0.25, -0.2) is 19.2 Å². The number of halogens is 1. The molecule has 1 unspecified atom stereocenters. The third-order valence-electron chi connectivity index (χ3n) is 5.70. The van der Waals surface area contributed by atoms with Crippen molar-refractivity contribution in [3.8, 4) is 0 Å². The fourth-order valence-corrected chi connectivity index (χ4v) is 4.21. The van der Waals surface area contributed by atoms with Crippen molar-refractivity contribution in [2.24, 2.45) is 0 Å². The van der Waals surface area contributed by atoms with Gasteiger partial charge in [0.25, 0.3) is 5.69 Å². The van der Waals surface area contributed by atoms with Crippen LogP contribution in [0.1, 0.15) is 36.9 Å². The second-order valence-corrected chi connectivity index (χ2v) is 7.64. The van der Waals surface area contributed by atoms with Gasteiger partial charge in [0.15, 0.2) is 0 Å². The van der Waals surface area contributed by atoms with Crippen LogP contribution in [0.25, 0.3) is 0 Å². The SMILES string of the molecule is CCOC(=O)/C(Cc1ccc(F)cc1)=C1\CC(c2ccc([N+](=O)[O-])cc2)N2CCC(=O)N12. The van der Waals surface area contributed by atoms with Gasteiger partial charge in [-0.2, -0.15) is 0 Å². The molecule has 8 nitrogen and oxygen atoms in total. The zero-order valence-electron chi connectivity index (χ0n) is 17.5. The zero-order chi connectivity index (χ0) is 22.8. The Morgan fingerprint density at radius 3 is 2.50 bits per heavy atom. The van der Waals surface area contributed by atoms with Gasteiger partial charge in [0.1, 0.15) is 5.82 Å². The van der Waals surface area contributed by atoms with E-state index in [0.717, 1.165) is 11.1 Å². The van der Waals surface area contributed by atoms with Gasteiger partial charge in [-0.05, 0) is 30.2 Å². The zero-order valence-corrected chi connectivity index (χ0v) is 17.5. The predicted octanol–water partition coefficient (Wildman–Crippen LogP) is 3.69. The van der Waals surface area contributed by atoms with Gasteiger partial charge in [-0.15, -0.1) is 0 Å². The van der Waals surface area contributed by atoms with Crippen molar-refractivity contribution < 1.29 is 23.6 Å². The second kappa shape index (κ2) is 8.88. The van der Waals surface area contributed by atoms with Crippen LogP contribution in [0.3, 0.4) is 0 Å². The topological polar surface area (TPSA) is 93.0 Å². The lowest BCUT2D eigenvalue weighted by Gasteiger charge is -2.25. The number of hydrazine groups is 1. The molecule has 0 N–H and O–H groups in total. The Kier molecular flexibility index (Phi) is 6.00. The lowest BCUT2D eigenvalue weighted by Crippen LogP contribution is -2.34. The fourth-order valence-electron chi connectivity index (χ4n) is 4.21. The smallest absolute Gasteiger partial charge is 0.336 e. The largest absolute Gasteiger partial charge is 0.463 e. The van der Waals surface area contributed by atoms with Crippen LogP contribution in [-0.4, -0.2) is 40.0 Å². The van der Waals surface area contributed by atoms with Crippen molar-refractivity contribution in [1.82, 2.24) is 10.0 Å². The number of ether oxygens (including phenoxy) is 1. The Morgan fingerprint density at radius 1 is 1.19 bits per heavy atom. The molecule has 2 aromatic carbocycles. The molecule has 166 valence electrons. The maximum absolute atomic E-state index is 13.3. The average molecular weight is 439 g/mol. The highest BCUT2D eigenvalue weighted by molar-refractivity contribution is 5.92. The molecule has 2 fully saturated rings. The Balaban J connectivity index is 1.74. The number of non-ortho nitro benzene ring substituents is 1. The normalized spacial score (nSPS) is 19.8. The van der Waals surface area contributed by atoms with E-state index in [2.05, 4.69) is 0 Å².